The number of nitrogens with zero attached hydrogens (tertiary/aromatic N) is 2. The first-order valence-electron chi connectivity index (χ1n) is 7.00. The Kier molecular flexibility index (Phi) is 4.55. The van der Waals surface area contributed by atoms with Crippen molar-refractivity contribution in [1.29, 1.82) is 0 Å². The molecule has 3 nitrogen and oxygen atoms in total. The lowest BCUT2D eigenvalue weighted by molar-refractivity contribution is 0.612. The molecular weight excluding hydrogens is 336 g/mol. The van der Waals surface area contributed by atoms with Gasteiger partial charge in [-0.3, -0.25) is 0 Å². The molecule has 0 aliphatic carbocycles. The Morgan fingerprint density at radius 2 is 1.91 bits per heavy atom. The van der Waals surface area contributed by atoms with Crippen molar-refractivity contribution in [3.8, 4) is 11.3 Å². The van der Waals surface area contributed by atoms with Crippen LogP contribution >= 0.6 is 23.2 Å². The summed E-state index contributed by atoms with van der Waals surface area (Å²) in [5, 5.41) is 4.14. The number of rotatable bonds is 4. The minimum absolute atomic E-state index is 0.237. The summed E-state index contributed by atoms with van der Waals surface area (Å²) in [7, 11) is 1.88. The Bertz CT molecular complexity index is 846. The fourth-order valence-electron chi connectivity index (χ4n) is 2.31. The maximum absolute atomic E-state index is 13.7. The lowest BCUT2D eigenvalue weighted by Gasteiger charge is -2.09. The van der Waals surface area contributed by atoms with E-state index in [2.05, 4.69) is 10.3 Å². The third-order valence-electron chi connectivity index (χ3n) is 3.60. The standard InChI is InChI=1S/C17H14Cl2FN3/c1-23-16(11-6-7-13(18)14(19)8-11)10-22-17(23)21-9-12-4-2-3-5-15(12)20/h2-8,10H,9H2,1H3,(H,21,22). The number of benzene rings is 2. The van der Waals surface area contributed by atoms with E-state index in [9.17, 15) is 4.39 Å². The van der Waals surface area contributed by atoms with Crippen molar-refractivity contribution in [2.75, 3.05) is 5.32 Å². The van der Waals surface area contributed by atoms with Gasteiger partial charge in [0.05, 0.1) is 21.9 Å². The zero-order valence-electron chi connectivity index (χ0n) is 12.4. The van der Waals surface area contributed by atoms with Gasteiger partial charge in [-0.2, -0.15) is 0 Å². The molecule has 0 radical (unpaired) electrons. The van der Waals surface area contributed by atoms with Crippen LogP contribution in [0.4, 0.5) is 10.3 Å². The van der Waals surface area contributed by atoms with Crippen LogP contribution in [0.2, 0.25) is 10.0 Å². The highest BCUT2D eigenvalue weighted by Gasteiger charge is 2.10. The number of aromatic nitrogens is 2. The van der Waals surface area contributed by atoms with Gasteiger partial charge in [-0.25, -0.2) is 9.37 Å². The van der Waals surface area contributed by atoms with Crippen molar-refractivity contribution in [3.63, 3.8) is 0 Å². The molecule has 3 aromatic rings. The van der Waals surface area contributed by atoms with Crippen molar-refractivity contribution in [2.24, 2.45) is 7.05 Å². The Morgan fingerprint density at radius 3 is 2.65 bits per heavy atom. The molecule has 0 amide bonds. The van der Waals surface area contributed by atoms with E-state index in [-0.39, 0.29) is 5.82 Å². The molecule has 0 aliphatic rings. The van der Waals surface area contributed by atoms with Gasteiger partial charge in [-0.05, 0) is 18.2 Å². The first kappa shape index (κ1) is 15.8. The second-order valence-corrected chi connectivity index (χ2v) is 5.91. The molecule has 2 aromatic carbocycles. The molecule has 0 saturated carbocycles. The van der Waals surface area contributed by atoms with Crippen LogP contribution in [0.1, 0.15) is 5.56 Å². The molecule has 0 spiro atoms. The number of hydrogen-bond acceptors (Lipinski definition) is 2. The smallest absolute Gasteiger partial charge is 0.203 e. The molecule has 1 heterocycles. The van der Waals surface area contributed by atoms with Crippen LogP contribution < -0.4 is 5.32 Å². The number of nitrogens with one attached hydrogen (secondary N) is 1. The van der Waals surface area contributed by atoms with Crippen LogP contribution in [0.25, 0.3) is 11.3 Å². The molecule has 1 aromatic heterocycles. The molecule has 6 heteroatoms. The molecular formula is C17H14Cl2FN3. The molecule has 0 atom stereocenters. The third kappa shape index (κ3) is 3.33. The summed E-state index contributed by atoms with van der Waals surface area (Å²) >= 11 is 12.0. The molecule has 23 heavy (non-hydrogen) atoms. The van der Waals surface area contributed by atoms with Gasteiger partial charge in [0, 0.05) is 24.7 Å². The van der Waals surface area contributed by atoms with Gasteiger partial charge in [0.15, 0.2) is 0 Å². The molecule has 0 bridgehead atoms. The van der Waals surface area contributed by atoms with Crippen LogP contribution in [0.5, 0.6) is 0 Å². The maximum Gasteiger partial charge on any atom is 0.203 e. The molecule has 0 unspecified atom stereocenters. The third-order valence-corrected chi connectivity index (χ3v) is 4.34. The summed E-state index contributed by atoms with van der Waals surface area (Å²) in [6, 6.07) is 12.1. The largest absolute Gasteiger partial charge is 0.351 e. The van der Waals surface area contributed by atoms with Crippen molar-refractivity contribution < 1.29 is 4.39 Å². The Morgan fingerprint density at radius 1 is 1.13 bits per heavy atom. The van der Waals surface area contributed by atoms with Gasteiger partial charge in [0.25, 0.3) is 0 Å². The van der Waals surface area contributed by atoms with E-state index < -0.39 is 0 Å². The number of hydrogen-bond donors (Lipinski definition) is 1. The van der Waals surface area contributed by atoms with Gasteiger partial charge in [-0.15, -0.1) is 0 Å². The average molecular weight is 350 g/mol. The Balaban J connectivity index is 1.82. The fraction of sp³-hybridized carbons (Fsp3) is 0.118. The number of anilines is 1. The van der Waals surface area contributed by atoms with Crippen LogP contribution in [-0.4, -0.2) is 9.55 Å². The van der Waals surface area contributed by atoms with Gasteiger partial charge >= 0.3 is 0 Å². The van der Waals surface area contributed by atoms with Gasteiger partial charge in [-0.1, -0.05) is 47.5 Å². The van der Waals surface area contributed by atoms with Crippen LogP contribution in [0.15, 0.2) is 48.7 Å². The monoisotopic (exact) mass is 349 g/mol. The van der Waals surface area contributed by atoms with Crippen LogP contribution in [0.3, 0.4) is 0 Å². The molecule has 0 saturated heterocycles. The van der Waals surface area contributed by atoms with Crippen LogP contribution in [0, 0.1) is 5.82 Å². The molecule has 0 fully saturated rings. The molecule has 3 rings (SSSR count). The molecule has 1 N–H and O–H groups in total. The average Bonchev–Trinajstić information content (AvgIpc) is 2.90. The van der Waals surface area contributed by atoms with E-state index in [0.717, 1.165) is 11.3 Å². The first-order chi connectivity index (χ1) is 11.1. The van der Waals surface area contributed by atoms with Crippen molar-refractivity contribution >= 4 is 29.2 Å². The van der Waals surface area contributed by atoms with E-state index in [1.807, 2.05) is 17.7 Å². The van der Waals surface area contributed by atoms with E-state index in [1.54, 1.807) is 36.5 Å². The van der Waals surface area contributed by atoms with Crippen molar-refractivity contribution in [3.05, 3.63) is 70.1 Å². The lowest BCUT2D eigenvalue weighted by atomic mass is 10.2. The fourth-order valence-corrected chi connectivity index (χ4v) is 2.61. The van der Waals surface area contributed by atoms with E-state index in [0.29, 0.717) is 28.1 Å². The summed E-state index contributed by atoms with van der Waals surface area (Å²) in [6.45, 7) is 0.359. The predicted molar refractivity (Wildman–Crippen MR) is 92.4 cm³/mol. The topological polar surface area (TPSA) is 29.9 Å². The summed E-state index contributed by atoms with van der Waals surface area (Å²) in [4.78, 5) is 4.34. The second-order valence-electron chi connectivity index (χ2n) is 5.10. The molecule has 118 valence electrons. The van der Waals surface area contributed by atoms with Crippen molar-refractivity contribution in [1.82, 2.24) is 9.55 Å². The highest BCUT2D eigenvalue weighted by atomic mass is 35.5. The Hall–Kier alpha value is -2.04. The SMILES string of the molecule is Cn1c(-c2ccc(Cl)c(Cl)c2)cnc1NCc1ccccc1F. The first-order valence-corrected chi connectivity index (χ1v) is 7.76. The summed E-state index contributed by atoms with van der Waals surface area (Å²) in [6.07, 6.45) is 1.74. The zero-order valence-corrected chi connectivity index (χ0v) is 13.9. The van der Waals surface area contributed by atoms with E-state index in [1.165, 1.54) is 6.07 Å². The summed E-state index contributed by atoms with van der Waals surface area (Å²) in [5.74, 6) is 0.410. The Labute approximate surface area is 143 Å². The van der Waals surface area contributed by atoms with Gasteiger partial charge in [0.2, 0.25) is 5.95 Å². The predicted octanol–water partition coefficient (Wildman–Crippen LogP) is 5.15. The highest BCUT2D eigenvalue weighted by molar-refractivity contribution is 6.42. The maximum atomic E-state index is 13.7. The lowest BCUT2D eigenvalue weighted by Crippen LogP contribution is -2.06. The van der Waals surface area contributed by atoms with Crippen LogP contribution in [-0.2, 0) is 13.6 Å². The van der Waals surface area contributed by atoms with Crippen molar-refractivity contribution in [2.45, 2.75) is 6.54 Å². The second kappa shape index (κ2) is 6.60. The zero-order chi connectivity index (χ0) is 16.4. The minimum Gasteiger partial charge on any atom is -0.351 e. The molecule has 0 aliphatic heterocycles. The van der Waals surface area contributed by atoms with Gasteiger partial charge in [0.1, 0.15) is 5.82 Å². The summed E-state index contributed by atoms with van der Waals surface area (Å²) in [5.41, 5.74) is 2.39. The highest BCUT2D eigenvalue weighted by Crippen LogP contribution is 2.29. The quantitative estimate of drug-likeness (QED) is 0.706. The van der Waals surface area contributed by atoms with E-state index >= 15 is 0 Å². The number of imidazole rings is 1. The van der Waals surface area contributed by atoms with E-state index in [4.69, 9.17) is 23.2 Å². The normalized spacial score (nSPS) is 10.8. The number of halogens is 3. The summed E-state index contributed by atoms with van der Waals surface area (Å²) < 4.78 is 15.5. The van der Waals surface area contributed by atoms with Gasteiger partial charge < -0.3 is 9.88 Å². The minimum atomic E-state index is -0.237.